The van der Waals surface area contributed by atoms with Crippen LogP contribution in [-0.4, -0.2) is 23.8 Å². The SMILES string of the molecule is CC(N=NC(C)C(=N)N)C(=N)N. The lowest BCUT2D eigenvalue weighted by Crippen LogP contribution is -2.25. The molecule has 0 saturated carbocycles. The van der Waals surface area contributed by atoms with Crippen LogP contribution in [0.2, 0.25) is 0 Å². The topological polar surface area (TPSA) is 124 Å². The average Bonchev–Trinajstić information content (AvgIpc) is 1.98. The van der Waals surface area contributed by atoms with Crippen LogP contribution >= 0.6 is 0 Å². The summed E-state index contributed by atoms with van der Waals surface area (Å²) in [5.74, 6) is -0.0935. The van der Waals surface area contributed by atoms with Crippen molar-refractivity contribution in [1.82, 2.24) is 0 Å². The van der Waals surface area contributed by atoms with E-state index in [0.29, 0.717) is 0 Å². The van der Waals surface area contributed by atoms with Gasteiger partial charge in [-0.25, -0.2) is 0 Å². The Bertz CT molecular complexity index is 186. The van der Waals surface area contributed by atoms with Gasteiger partial charge in [0.25, 0.3) is 0 Å². The summed E-state index contributed by atoms with van der Waals surface area (Å²) >= 11 is 0. The third-order valence-electron chi connectivity index (χ3n) is 1.31. The van der Waals surface area contributed by atoms with E-state index in [-0.39, 0.29) is 11.7 Å². The van der Waals surface area contributed by atoms with E-state index < -0.39 is 12.1 Å². The standard InChI is InChI=1S/C6H14N6/c1-3(5(7)8)11-12-4(2)6(9)10/h3-4H,1-2H3,(H3,7,8)(H3,9,10). The van der Waals surface area contributed by atoms with Crippen molar-refractivity contribution in [2.45, 2.75) is 25.9 Å². The van der Waals surface area contributed by atoms with Crippen molar-refractivity contribution in [3.05, 3.63) is 0 Å². The molecule has 0 radical (unpaired) electrons. The maximum Gasteiger partial charge on any atom is 0.124 e. The molecule has 0 saturated heterocycles. The van der Waals surface area contributed by atoms with Crippen LogP contribution in [0.3, 0.4) is 0 Å². The normalized spacial score (nSPS) is 15.8. The maximum absolute atomic E-state index is 6.99. The van der Waals surface area contributed by atoms with Gasteiger partial charge in [0.2, 0.25) is 0 Å². The van der Waals surface area contributed by atoms with E-state index in [0.717, 1.165) is 0 Å². The molecule has 68 valence electrons. The Morgan fingerprint density at radius 1 is 1.00 bits per heavy atom. The minimum Gasteiger partial charge on any atom is -0.386 e. The largest absolute Gasteiger partial charge is 0.386 e. The molecule has 0 spiro atoms. The fourth-order valence-corrected chi connectivity index (χ4v) is 0.324. The third kappa shape index (κ3) is 3.65. The van der Waals surface area contributed by atoms with E-state index in [2.05, 4.69) is 10.2 Å². The molecule has 0 aromatic heterocycles. The second kappa shape index (κ2) is 4.42. The lowest BCUT2D eigenvalue weighted by atomic mass is 10.3. The van der Waals surface area contributed by atoms with Gasteiger partial charge < -0.3 is 11.5 Å². The van der Waals surface area contributed by atoms with Crippen LogP contribution in [0.5, 0.6) is 0 Å². The molecule has 2 unspecified atom stereocenters. The van der Waals surface area contributed by atoms with Gasteiger partial charge in [-0.1, -0.05) is 0 Å². The summed E-state index contributed by atoms with van der Waals surface area (Å²) in [4.78, 5) is 0. The zero-order valence-corrected chi connectivity index (χ0v) is 7.20. The van der Waals surface area contributed by atoms with Crippen molar-refractivity contribution in [2.75, 3.05) is 0 Å². The Labute approximate surface area is 71.1 Å². The molecular weight excluding hydrogens is 156 g/mol. The molecule has 2 atom stereocenters. The van der Waals surface area contributed by atoms with Crippen LogP contribution in [0, 0.1) is 10.8 Å². The first-order chi connectivity index (χ1) is 5.45. The minimum absolute atomic E-state index is 0.0468. The molecule has 0 fully saturated rings. The first-order valence-electron chi connectivity index (χ1n) is 3.53. The molecule has 12 heavy (non-hydrogen) atoms. The van der Waals surface area contributed by atoms with Crippen molar-refractivity contribution < 1.29 is 0 Å². The molecule has 0 bridgehead atoms. The maximum atomic E-state index is 6.99. The highest BCUT2D eigenvalue weighted by Gasteiger charge is 2.05. The predicted molar refractivity (Wildman–Crippen MR) is 47.6 cm³/mol. The van der Waals surface area contributed by atoms with Gasteiger partial charge in [-0.3, -0.25) is 10.8 Å². The molecule has 0 aliphatic carbocycles. The molecule has 0 heterocycles. The van der Waals surface area contributed by atoms with Crippen molar-refractivity contribution in [3.63, 3.8) is 0 Å². The van der Waals surface area contributed by atoms with Crippen LogP contribution in [0.15, 0.2) is 10.2 Å². The van der Waals surface area contributed by atoms with Gasteiger partial charge in [0.15, 0.2) is 0 Å². The van der Waals surface area contributed by atoms with Gasteiger partial charge in [-0.15, -0.1) is 0 Å². The molecule has 0 amide bonds. The van der Waals surface area contributed by atoms with Crippen LogP contribution in [0.1, 0.15) is 13.8 Å². The summed E-state index contributed by atoms with van der Waals surface area (Å²) in [5.41, 5.74) is 10.3. The number of nitrogens with two attached hydrogens (primary N) is 2. The van der Waals surface area contributed by atoms with Crippen LogP contribution in [0.4, 0.5) is 0 Å². The summed E-state index contributed by atoms with van der Waals surface area (Å²) in [6.07, 6.45) is 0. The summed E-state index contributed by atoms with van der Waals surface area (Å²) in [6, 6.07) is -0.876. The summed E-state index contributed by atoms with van der Waals surface area (Å²) in [7, 11) is 0. The number of nitrogens with zero attached hydrogens (tertiary/aromatic N) is 2. The Kier molecular flexibility index (Phi) is 3.89. The summed E-state index contributed by atoms with van der Waals surface area (Å²) < 4.78 is 0. The van der Waals surface area contributed by atoms with Gasteiger partial charge in [0.1, 0.15) is 23.8 Å². The van der Waals surface area contributed by atoms with Gasteiger partial charge in [-0.05, 0) is 13.8 Å². The van der Waals surface area contributed by atoms with Crippen LogP contribution in [-0.2, 0) is 0 Å². The Hall–Kier alpha value is -1.46. The average molecular weight is 170 g/mol. The Morgan fingerprint density at radius 2 is 1.25 bits per heavy atom. The second-order valence-electron chi connectivity index (χ2n) is 2.49. The minimum atomic E-state index is -0.438. The molecule has 6 N–H and O–H groups in total. The van der Waals surface area contributed by atoms with Crippen LogP contribution < -0.4 is 11.5 Å². The smallest absolute Gasteiger partial charge is 0.124 e. The lowest BCUT2D eigenvalue weighted by Gasteiger charge is -2.04. The van der Waals surface area contributed by atoms with Gasteiger partial charge in [-0.2, -0.15) is 10.2 Å². The fourth-order valence-electron chi connectivity index (χ4n) is 0.324. The van der Waals surface area contributed by atoms with E-state index in [1.165, 1.54) is 0 Å². The number of nitrogens with one attached hydrogen (secondary N) is 2. The first-order valence-corrected chi connectivity index (χ1v) is 3.53. The number of hydrogen-bond acceptors (Lipinski definition) is 4. The zero-order chi connectivity index (χ0) is 9.72. The molecule has 6 heteroatoms. The summed E-state index contributed by atoms with van der Waals surface area (Å²) in [6.45, 7) is 3.30. The fraction of sp³-hybridized carbons (Fsp3) is 0.667. The van der Waals surface area contributed by atoms with Crippen LogP contribution in [0.25, 0.3) is 0 Å². The van der Waals surface area contributed by atoms with Gasteiger partial charge >= 0.3 is 0 Å². The van der Waals surface area contributed by atoms with E-state index in [1.807, 2.05) is 0 Å². The molecule has 0 aromatic rings. The zero-order valence-electron chi connectivity index (χ0n) is 7.20. The number of hydrogen-bond donors (Lipinski definition) is 4. The highest BCUT2D eigenvalue weighted by atomic mass is 15.2. The van der Waals surface area contributed by atoms with Crippen molar-refractivity contribution >= 4 is 11.7 Å². The van der Waals surface area contributed by atoms with Gasteiger partial charge in [0.05, 0.1) is 0 Å². The third-order valence-corrected chi connectivity index (χ3v) is 1.31. The molecule has 0 aromatic carbocycles. The predicted octanol–water partition coefficient (Wildman–Crippen LogP) is 0.0875. The molecule has 6 nitrogen and oxygen atoms in total. The summed E-state index contributed by atoms with van der Waals surface area (Å²) in [5, 5.41) is 21.4. The van der Waals surface area contributed by atoms with E-state index >= 15 is 0 Å². The highest BCUT2D eigenvalue weighted by Crippen LogP contribution is 1.94. The Morgan fingerprint density at radius 3 is 1.42 bits per heavy atom. The van der Waals surface area contributed by atoms with Crippen molar-refractivity contribution in [1.29, 1.82) is 10.8 Å². The van der Waals surface area contributed by atoms with E-state index in [4.69, 9.17) is 22.3 Å². The molecule has 0 rings (SSSR count). The number of amidine groups is 2. The number of azo groups is 1. The molecule has 0 aliphatic rings. The highest BCUT2D eigenvalue weighted by molar-refractivity contribution is 5.83. The monoisotopic (exact) mass is 170 g/mol. The van der Waals surface area contributed by atoms with Crippen molar-refractivity contribution in [2.24, 2.45) is 21.7 Å². The molecule has 0 aliphatic heterocycles. The lowest BCUT2D eigenvalue weighted by molar-refractivity contribution is 0.773. The van der Waals surface area contributed by atoms with E-state index in [9.17, 15) is 0 Å². The Balaban J connectivity index is 4.06. The van der Waals surface area contributed by atoms with Crippen molar-refractivity contribution in [3.8, 4) is 0 Å². The van der Waals surface area contributed by atoms with E-state index in [1.54, 1.807) is 13.8 Å². The van der Waals surface area contributed by atoms with Gasteiger partial charge in [0, 0.05) is 0 Å². The first kappa shape index (κ1) is 10.5. The quantitative estimate of drug-likeness (QED) is 0.271. The second-order valence-corrected chi connectivity index (χ2v) is 2.49. The molecular formula is C6H14N6. The number of rotatable bonds is 4.